The van der Waals surface area contributed by atoms with E-state index in [1.807, 2.05) is 170 Å². The first kappa shape index (κ1) is 58.3. The molecule has 0 fully saturated rings. The molecular formula is C74H80N4O4. The van der Waals surface area contributed by atoms with E-state index < -0.39 is 24.2 Å². The Morgan fingerprint density at radius 1 is 0.280 bits per heavy atom. The molecule has 0 amide bonds. The van der Waals surface area contributed by atoms with Gasteiger partial charge in [0, 0.05) is 60.0 Å². The van der Waals surface area contributed by atoms with Crippen LogP contribution in [0.4, 0.5) is 0 Å². The molecular weight excluding hydrogens is 1010 g/mol. The van der Waals surface area contributed by atoms with Crippen molar-refractivity contribution < 1.29 is 20.4 Å². The standard InChI is InChI=1S/C74H80N4O4/c1-71(2,3)59-35-51-33-52-36-60(72(4,5)6)40-56(68(52)80)44-77-65(49-29-21-15-22-30-49)66(50-31-23-16-24-32-50)78-46-58-42-62(74(10,11)12)38-54(70(58)82)34-53-37-61(73(7,8)9)41-57(69(53)81)45-76-64(48-27-19-14-20-28-48)63(47-25-17-13-18-26-47)75-43-55(39-59)67(51)79/h13-32,35-46,63-66,79-82H,33-34H2,1-12H3/t63-,64-,65-,66-/m0/s1. The number of aromatic hydroxyl groups is 4. The van der Waals surface area contributed by atoms with E-state index in [2.05, 4.69) is 83.1 Å². The Labute approximate surface area is 486 Å². The monoisotopic (exact) mass is 1090 g/mol. The number of phenolic OH excluding ortho intramolecular Hbond substituents is 4. The van der Waals surface area contributed by atoms with Gasteiger partial charge in [0.25, 0.3) is 0 Å². The maximum atomic E-state index is 12.6. The van der Waals surface area contributed by atoms with Crippen LogP contribution in [0, 0.1) is 0 Å². The summed E-state index contributed by atoms with van der Waals surface area (Å²) in [6.45, 7) is 25.8. The molecule has 420 valence electrons. The quantitative estimate of drug-likeness (QED) is 0.140. The van der Waals surface area contributed by atoms with Gasteiger partial charge in [0.05, 0.1) is 0 Å². The van der Waals surface area contributed by atoms with Gasteiger partial charge in [0.2, 0.25) is 0 Å². The molecule has 0 radical (unpaired) electrons. The van der Waals surface area contributed by atoms with E-state index in [-0.39, 0.29) is 57.5 Å². The third-order valence-electron chi connectivity index (χ3n) is 15.8. The molecule has 82 heavy (non-hydrogen) atoms. The maximum absolute atomic E-state index is 12.6. The Kier molecular flexibility index (Phi) is 16.8. The molecule has 0 saturated carbocycles. The van der Waals surface area contributed by atoms with Crippen LogP contribution < -0.4 is 0 Å². The molecule has 4 atom stereocenters. The fourth-order valence-corrected chi connectivity index (χ4v) is 10.6. The Morgan fingerprint density at radius 3 is 0.634 bits per heavy atom. The molecule has 8 heteroatoms. The van der Waals surface area contributed by atoms with Crippen molar-refractivity contribution in [2.24, 2.45) is 20.0 Å². The highest BCUT2D eigenvalue weighted by molar-refractivity contribution is 5.88. The zero-order valence-electron chi connectivity index (χ0n) is 49.8. The first-order valence-corrected chi connectivity index (χ1v) is 28.6. The van der Waals surface area contributed by atoms with E-state index in [0.717, 1.165) is 44.5 Å². The second-order valence-corrected chi connectivity index (χ2v) is 26.2. The molecule has 0 saturated heterocycles. The summed E-state index contributed by atoms with van der Waals surface area (Å²) in [4.78, 5) is 21.6. The van der Waals surface area contributed by atoms with Crippen LogP contribution in [0.3, 0.4) is 0 Å². The predicted octanol–water partition coefficient (Wildman–Crippen LogP) is 17.2. The van der Waals surface area contributed by atoms with Gasteiger partial charge in [0.1, 0.15) is 47.2 Å². The van der Waals surface area contributed by atoms with Gasteiger partial charge in [-0.25, -0.2) is 0 Å². The number of fused-ring (bicyclic) bond motifs is 8. The van der Waals surface area contributed by atoms with E-state index in [0.29, 0.717) is 44.5 Å². The summed E-state index contributed by atoms with van der Waals surface area (Å²) >= 11 is 0. The number of rotatable bonds is 4. The minimum Gasteiger partial charge on any atom is -0.507 e. The van der Waals surface area contributed by atoms with Crippen molar-refractivity contribution >= 4 is 24.9 Å². The smallest absolute Gasteiger partial charge is 0.127 e. The molecule has 8 aromatic rings. The fraction of sp³-hybridized carbons (Fsp3) is 0.297. The van der Waals surface area contributed by atoms with Crippen LogP contribution in [-0.2, 0) is 34.5 Å². The van der Waals surface area contributed by atoms with Crippen LogP contribution in [-0.4, -0.2) is 45.3 Å². The first-order valence-electron chi connectivity index (χ1n) is 28.6. The molecule has 1 aliphatic heterocycles. The number of nitrogens with zero attached hydrogens (tertiary/aromatic N) is 4. The SMILES string of the molecule is CC(C)(C)c1cc2c(O)c(c1)Cc1cc(C(C)(C)C)cc(c1O)C=N[C@@H](c1ccccc1)[C@H](c1ccccc1)N=Cc1cc(C(C)(C)C)cc(c1O)Cc1cc(C(C)(C)C)cc(c1O)C=N[C@@H](c1ccccc1)[C@H](c1ccccc1)N=C2. The van der Waals surface area contributed by atoms with E-state index >= 15 is 0 Å². The average molecular weight is 1090 g/mol. The lowest BCUT2D eigenvalue weighted by Crippen LogP contribution is -2.14. The number of hydrogen-bond donors (Lipinski definition) is 4. The van der Waals surface area contributed by atoms with Gasteiger partial charge in [-0.3, -0.25) is 20.0 Å². The minimum atomic E-state index is -0.584. The highest BCUT2D eigenvalue weighted by atomic mass is 16.3. The summed E-state index contributed by atoms with van der Waals surface area (Å²) in [7, 11) is 0. The van der Waals surface area contributed by atoms with Crippen LogP contribution in [0.1, 0.15) is 196 Å². The summed E-state index contributed by atoms with van der Waals surface area (Å²) in [5.74, 6) is 0.260. The number of benzene rings is 8. The molecule has 8 bridgehead atoms. The van der Waals surface area contributed by atoms with Crippen molar-refractivity contribution in [3.63, 3.8) is 0 Å². The van der Waals surface area contributed by atoms with Crippen molar-refractivity contribution in [3.8, 4) is 23.0 Å². The van der Waals surface area contributed by atoms with Crippen LogP contribution >= 0.6 is 0 Å². The lowest BCUT2D eigenvalue weighted by molar-refractivity contribution is 0.459. The van der Waals surface area contributed by atoms with Crippen molar-refractivity contribution in [1.82, 2.24) is 0 Å². The van der Waals surface area contributed by atoms with Gasteiger partial charge in [0.15, 0.2) is 0 Å². The van der Waals surface area contributed by atoms with E-state index in [4.69, 9.17) is 20.0 Å². The normalized spacial score (nSPS) is 17.4. The number of hydrogen-bond acceptors (Lipinski definition) is 8. The molecule has 9 rings (SSSR count). The first-order chi connectivity index (χ1) is 38.8. The van der Waals surface area contributed by atoms with Gasteiger partial charge < -0.3 is 20.4 Å². The largest absolute Gasteiger partial charge is 0.507 e. The van der Waals surface area contributed by atoms with Crippen molar-refractivity contribution in [2.45, 2.75) is 142 Å². The van der Waals surface area contributed by atoms with Crippen LogP contribution in [0.25, 0.3) is 0 Å². The third-order valence-corrected chi connectivity index (χ3v) is 15.8. The molecule has 8 aromatic carbocycles. The number of phenols is 4. The molecule has 0 unspecified atom stereocenters. The summed E-state index contributed by atoms with van der Waals surface area (Å²) in [6, 6.07) is 54.1. The van der Waals surface area contributed by atoms with E-state index in [1.165, 1.54) is 0 Å². The lowest BCUT2D eigenvalue weighted by atomic mass is 9.82. The molecule has 0 aromatic heterocycles. The molecule has 1 aliphatic rings. The van der Waals surface area contributed by atoms with Crippen LogP contribution in [0.15, 0.2) is 190 Å². The maximum Gasteiger partial charge on any atom is 0.127 e. The van der Waals surface area contributed by atoms with E-state index in [9.17, 15) is 20.4 Å². The number of aliphatic imine (C=N–C) groups is 4. The average Bonchev–Trinajstić information content (AvgIpc) is 3.50. The molecule has 0 aliphatic carbocycles. The van der Waals surface area contributed by atoms with Crippen molar-refractivity contribution in [1.29, 1.82) is 0 Å². The van der Waals surface area contributed by atoms with Crippen molar-refractivity contribution in [3.05, 3.63) is 259 Å². The molecule has 8 nitrogen and oxygen atoms in total. The third kappa shape index (κ3) is 13.3. The van der Waals surface area contributed by atoms with Gasteiger partial charge in [-0.2, -0.15) is 0 Å². The summed E-state index contributed by atoms with van der Waals surface area (Å²) in [6.07, 6.45) is 7.49. The zero-order valence-corrected chi connectivity index (χ0v) is 49.8. The second-order valence-electron chi connectivity index (χ2n) is 26.2. The highest BCUT2D eigenvalue weighted by Gasteiger charge is 2.29. The van der Waals surface area contributed by atoms with Gasteiger partial charge in [-0.15, -0.1) is 0 Å². The second kappa shape index (κ2) is 23.6. The fourth-order valence-electron chi connectivity index (χ4n) is 10.6. The molecule has 0 spiro atoms. The Bertz CT molecular complexity index is 3180. The van der Waals surface area contributed by atoms with E-state index in [1.54, 1.807) is 24.9 Å². The van der Waals surface area contributed by atoms with Crippen LogP contribution in [0.5, 0.6) is 23.0 Å². The topological polar surface area (TPSA) is 130 Å². The summed E-state index contributed by atoms with van der Waals surface area (Å²) in [5, 5.41) is 50.3. The Hall–Kier alpha value is -8.36. The van der Waals surface area contributed by atoms with Gasteiger partial charge in [-0.05, 0) is 113 Å². The zero-order chi connectivity index (χ0) is 58.7. The lowest BCUT2D eigenvalue weighted by Gasteiger charge is -2.25. The Balaban J connectivity index is 1.34. The summed E-state index contributed by atoms with van der Waals surface area (Å²) in [5.41, 5.74) is 11.0. The highest BCUT2D eigenvalue weighted by Crippen LogP contribution is 2.43. The molecule has 4 N–H and O–H groups in total. The summed E-state index contributed by atoms with van der Waals surface area (Å²) < 4.78 is 0. The van der Waals surface area contributed by atoms with Crippen LogP contribution in [0.2, 0.25) is 0 Å². The van der Waals surface area contributed by atoms with Gasteiger partial charge >= 0.3 is 0 Å². The Morgan fingerprint density at radius 2 is 0.463 bits per heavy atom. The predicted molar refractivity (Wildman–Crippen MR) is 340 cm³/mol. The minimum absolute atomic E-state index is 0.0650. The van der Waals surface area contributed by atoms with Gasteiger partial charge in [-0.1, -0.05) is 229 Å². The van der Waals surface area contributed by atoms with Crippen molar-refractivity contribution in [2.75, 3.05) is 0 Å². The molecule has 1 heterocycles.